The van der Waals surface area contributed by atoms with Crippen LogP contribution < -0.4 is 32.7 Å². The second-order valence-corrected chi connectivity index (χ2v) is 16.2. The minimum Gasteiger partial charge on any atom is -0.480 e. The lowest BCUT2D eigenvalue weighted by Gasteiger charge is -2.31. The molecule has 330 valence electrons. The number of carbonyl (C=O) groups excluding carboxylic acids is 6. The van der Waals surface area contributed by atoms with Crippen molar-refractivity contribution in [2.75, 3.05) is 0 Å². The van der Waals surface area contributed by atoms with Gasteiger partial charge in [0.15, 0.2) is 0 Å². The minimum atomic E-state index is -1.26. The maximum atomic E-state index is 13.5. The van der Waals surface area contributed by atoms with Crippen molar-refractivity contribution < 1.29 is 38.7 Å². The lowest BCUT2D eigenvalue weighted by Crippen LogP contribution is -2.56. The molecule has 2 aromatic rings. The van der Waals surface area contributed by atoms with Crippen LogP contribution in [0.4, 0.5) is 0 Å². The summed E-state index contributed by atoms with van der Waals surface area (Å²) in [6.07, 6.45) is 17.1. The lowest BCUT2D eigenvalue weighted by atomic mass is 9.83. The van der Waals surface area contributed by atoms with Crippen molar-refractivity contribution in [2.24, 2.45) is 17.4 Å². The number of carboxylic acid groups (broad SMARTS) is 1. The zero-order valence-corrected chi connectivity index (χ0v) is 35.2. The highest BCUT2D eigenvalue weighted by Crippen LogP contribution is 2.27. The van der Waals surface area contributed by atoms with Gasteiger partial charge in [-0.3, -0.25) is 28.8 Å². The average Bonchev–Trinajstić information content (AvgIpc) is 3.22. The highest BCUT2D eigenvalue weighted by molar-refractivity contribution is 5.94. The highest BCUT2D eigenvalue weighted by Gasteiger charge is 2.33. The summed E-state index contributed by atoms with van der Waals surface area (Å²) in [5.41, 5.74) is 12.6. The van der Waals surface area contributed by atoms with Crippen molar-refractivity contribution >= 4 is 41.4 Å². The number of aliphatic carboxylic acids is 1. The first kappa shape index (κ1) is 49.1. The fraction of sp³-hybridized carbons (Fsp3) is 0.587. The quantitative estimate of drug-likeness (QED) is 0.0533. The van der Waals surface area contributed by atoms with Gasteiger partial charge in [0.05, 0.1) is 6.42 Å². The number of carboxylic acids is 1. The molecule has 1 saturated carbocycles. The fourth-order valence-corrected chi connectivity index (χ4v) is 7.78. The first-order chi connectivity index (χ1) is 28.9. The predicted molar refractivity (Wildman–Crippen MR) is 230 cm³/mol. The molecule has 0 heterocycles. The lowest BCUT2D eigenvalue weighted by molar-refractivity contribution is -0.142. The third kappa shape index (κ3) is 20.1. The van der Waals surface area contributed by atoms with Crippen molar-refractivity contribution in [3.05, 3.63) is 71.8 Å². The Balaban J connectivity index is 1.24. The Hall–Kier alpha value is -5.27. The largest absolute Gasteiger partial charge is 0.480 e. The van der Waals surface area contributed by atoms with Crippen LogP contribution in [0.3, 0.4) is 0 Å². The Morgan fingerprint density at radius 1 is 0.533 bits per heavy atom. The van der Waals surface area contributed by atoms with E-state index in [9.17, 15) is 38.7 Å². The van der Waals surface area contributed by atoms with Gasteiger partial charge in [0.1, 0.15) is 24.2 Å². The molecule has 1 aliphatic carbocycles. The summed E-state index contributed by atoms with van der Waals surface area (Å²) in [6, 6.07) is 14.2. The maximum absolute atomic E-state index is 13.5. The molecular weight excluding hydrogens is 765 g/mol. The second-order valence-electron chi connectivity index (χ2n) is 16.2. The molecule has 1 fully saturated rings. The van der Waals surface area contributed by atoms with E-state index in [1.165, 1.54) is 0 Å². The van der Waals surface area contributed by atoms with Gasteiger partial charge in [-0.15, -0.1) is 0 Å². The molecule has 3 rings (SSSR count). The number of benzene rings is 2. The van der Waals surface area contributed by atoms with Gasteiger partial charge in [-0.2, -0.15) is 0 Å². The normalized spacial score (nSPS) is 14.8. The van der Waals surface area contributed by atoms with Gasteiger partial charge >= 0.3 is 5.97 Å². The van der Waals surface area contributed by atoms with Gasteiger partial charge in [-0.25, -0.2) is 4.79 Å². The third-order valence-electron chi connectivity index (χ3n) is 11.2. The number of hydrogen-bond donors (Lipinski definition) is 7. The van der Waals surface area contributed by atoms with E-state index in [1.807, 2.05) is 30.3 Å². The summed E-state index contributed by atoms with van der Waals surface area (Å²) in [5.74, 6) is -4.24. The summed E-state index contributed by atoms with van der Waals surface area (Å²) >= 11 is 0. The number of amides is 6. The summed E-state index contributed by atoms with van der Waals surface area (Å²) in [4.78, 5) is 87.6. The Labute approximate surface area is 355 Å². The fourth-order valence-electron chi connectivity index (χ4n) is 7.78. The van der Waals surface area contributed by atoms with E-state index in [1.54, 1.807) is 30.3 Å². The van der Waals surface area contributed by atoms with Crippen LogP contribution in [0, 0.1) is 5.92 Å². The average molecular weight is 833 g/mol. The summed E-state index contributed by atoms with van der Waals surface area (Å²) in [6.45, 7) is 0. The molecule has 2 aromatic carbocycles. The number of unbranched alkanes of at least 4 members (excludes halogenated alkanes) is 11. The standard InChI is InChI=1S/C46H68N6O8/c47-39(53)32-37(44(57)51-38(46(59)60)31-34-24-16-12-17-25-34)49-40(54)28-20-9-7-5-3-1-2-4-6-8-10-21-29-41(55)52-42(35-26-18-13-19-27-35)45(58)50-36(43(48)56)30-33-22-14-11-15-23-33/h11-12,14-17,22-25,35-38,42H,1-10,13,18-21,26-32H2,(H2,47,53)(H2,48,56)(H,49,54)(H,50,58)(H,51,57)(H,52,55)(H,59,60)/t36-,37-,38-,42-/m0/s1. The molecule has 6 amide bonds. The van der Waals surface area contributed by atoms with Crippen LogP contribution in [-0.4, -0.2) is 70.7 Å². The van der Waals surface area contributed by atoms with Gasteiger partial charge in [-0.1, -0.05) is 144 Å². The molecule has 14 nitrogen and oxygen atoms in total. The van der Waals surface area contributed by atoms with Crippen molar-refractivity contribution in [3.8, 4) is 0 Å². The molecule has 0 unspecified atom stereocenters. The molecule has 14 heteroatoms. The number of nitrogens with two attached hydrogens (primary N) is 2. The Kier molecular flexibility index (Phi) is 23.1. The predicted octanol–water partition coefficient (Wildman–Crippen LogP) is 4.90. The van der Waals surface area contributed by atoms with Gasteiger partial charge in [-0.05, 0) is 42.7 Å². The molecule has 1 aliphatic rings. The van der Waals surface area contributed by atoms with E-state index in [0.717, 1.165) is 114 Å². The zero-order chi connectivity index (χ0) is 43.5. The molecular formula is C46H68N6O8. The van der Waals surface area contributed by atoms with Crippen LogP contribution in [0.2, 0.25) is 0 Å². The number of hydrogen-bond acceptors (Lipinski definition) is 7. The van der Waals surface area contributed by atoms with Crippen molar-refractivity contribution in [1.29, 1.82) is 0 Å². The zero-order valence-electron chi connectivity index (χ0n) is 35.2. The van der Waals surface area contributed by atoms with Gasteiger partial charge in [0.25, 0.3) is 0 Å². The van der Waals surface area contributed by atoms with Crippen molar-refractivity contribution in [3.63, 3.8) is 0 Å². The maximum Gasteiger partial charge on any atom is 0.326 e. The highest BCUT2D eigenvalue weighted by atomic mass is 16.4. The summed E-state index contributed by atoms with van der Waals surface area (Å²) in [7, 11) is 0. The second kappa shape index (κ2) is 28.2. The summed E-state index contributed by atoms with van der Waals surface area (Å²) in [5, 5.41) is 20.4. The van der Waals surface area contributed by atoms with E-state index >= 15 is 0 Å². The molecule has 0 radical (unpaired) electrons. The minimum absolute atomic E-state index is 0.0307. The van der Waals surface area contributed by atoms with E-state index in [0.29, 0.717) is 19.3 Å². The van der Waals surface area contributed by atoms with Crippen molar-refractivity contribution in [1.82, 2.24) is 21.3 Å². The van der Waals surface area contributed by atoms with Crippen LogP contribution in [0.1, 0.15) is 140 Å². The third-order valence-corrected chi connectivity index (χ3v) is 11.2. The number of rotatable bonds is 30. The Morgan fingerprint density at radius 2 is 0.967 bits per heavy atom. The molecule has 4 atom stereocenters. The molecule has 0 bridgehead atoms. The van der Waals surface area contributed by atoms with Crippen LogP contribution in [-0.2, 0) is 46.4 Å². The summed E-state index contributed by atoms with van der Waals surface area (Å²) < 4.78 is 0. The number of nitrogens with one attached hydrogen (secondary N) is 4. The van der Waals surface area contributed by atoms with E-state index < -0.39 is 60.2 Å². The van der Waals surface area contributed by atoms with Gasteiger partial charge in [0, 0.05) is 25.7 Å². The molecule has 9 N–H and O–H groups in total. The van der Waals surface area contributed by atoms with E-state index in [-0.39, 0.29) is 30.6 Å². The smallest absolute Gasteiger partial charge is 0.326 e. The molecule has 0 spiro atoms. The van der Waals surface area contributed by atoms with Gasteiger partial charge in [0.2, 0.25) is 35.4 Å². The molecule has 0 saturated heterocycles. The van der Waals surface area contributed by atoms with E-state index in [2.05, 4.69) is 21.3 Å². The van der Waals surface area contributed by atoms with Crippen LogP contribution in [0.15, 0.2) is 60.7 Å². The monoisotopic (exact) mass is 833 g/mol. The first-order valence-electron chi connectivity index (χ1n) is 22.0. The Bertz CT molecular complexity index is 1640. The first-order valence-corrected chi connectivity index (χ1v) is 22.0. The van der Waals surface area contributed by atoms with E-state index in [4.69, 9.17) is 11.5 Å². The SMILES string of the molecule is NC(=O)C[C@H](NC(=O)CCCCCCCCCCCCCCC(=O)N[C@H](C(=O)N[C@@H](Cc1ccccc1)C(N)=O)C1CCCCC1)C(=O)N[C@@H](Cc1ccccc1)C(=O)O. The number of primary amides is 2. The molecule has 0 aromatic heterocycles. The molecule has 0 aliphatic heterocycles. The molecule has 60 heavy (non-hydrogen) atoms. The van der Waals surface area contributed by atoms with Crippen LogP contribution in [0.25, 0.3) is 0 Å². The Morgan fingerprint density at radius 3 is 1.42 bits per heavy atom. The number of carbonyl (C=O) groups is 7. The van der Waals surface area contributed by atoms with Crippen LogP contribution in [0.5, 0.6) is 0 Å². The van der Waals surface area contributed by atoms with Crippen LogP contribution >= 0.6 is 0 Å². The topological polar surface area (TPSA) is 240 Å². The van der Waals surface area contributed by atoms with Gasteiger partial charge < -0.3 is 37.8 Å². The van der Waals surface area contributed by atoms with Crippen molar-refractivity contribution in [2.45, 2.75) is 165 Å².